The molecule has 0 fully saturated rings. The maximum atomic E-state index is 11.7. The van der Waals surface area contributed by atoms with Crippen LogP contribution in [0.2, 0.25) is 0 Å². The van der Waals surface area contributed by atoms with Crippen molar-refractivity contribution in [2.45, 2.75) is 0 Å². The van der Waals surface area contributed by atoms with Gasteiger partial charge in [0.15, 0.2) is 5.57 Å². The van der Waals surface area contributed by atoms with Crippen LogP contribution in [0.15, 0.2) is 24.3 Å². The van der Waals surface area contributed by atoms with Gasteiger partial charge in [0.05, 0.1) is 21.3 Å². The van der Waals surface area contributed by atoms with Crippen LogP contribution in [0.25, 0.3) is 11.1 Å². The summed E-state index contributed by atoms with van der Waals surface area (Å²) in [6.45, 7) is 0. The summed E-state index contributed by atoms with van der Waals surface area (Å²) in [5, 5.41) is 9.51. The lowest BCUT2D eigenvalue weighted by molar-refractivity contribution is -0.140. The SMILES string of the molecule is COC(=O)C(C#N)=c1ccc(=C(C(=O)OC)C(=O)OC)cc1. The van der Waals surface area contributed by atoms with E-state index >= 15 is 0 Å². The zero-order chi connectivity index (χ0) is 16.7. The minimum Gasteiger partial charge on any atom is -0.465 e. The van der Waals surface area contributed by atoms with Gasteiger partial charge in [-0.25, -0.2) is 14.4 Å². The van der Waals surface area contributed by atoms with Gasteiger partial charge in [-0.3, -0.25) is 0 Å². The number of carbonyl (C=O) groups is 3. The molecule has 114 valence electrons. The highest BCUT2D eigenvalue weighted by molar-refractivity contribution is 6.36. The number of nitrogens with zero attached hydrogens (tertiary/aromatic N) is 1. The average molecular weight is 303 g/mol. The van der Waals surface area contributed by atoms with Crippen molar-refractivity contribution in [2.75, 3.05) is 21.3 Å². The number of methoxy groups -OCH3 is 3. The molecule has 0 radical (unpaired) electrons. The normalized spacial score (nSPS) is 9.18. The first-order valence-corrected chi connectivity index (χ1v) is 5.99. The second-order valence-corrected chi connectivity index (χ2v) is 3.91. The van der Waals surface area contributed by atoms with Crippen molar-refractivity contribution in [1.82, 2.24) is 0 Å². The summed E-state index contributed by atoms with van der Waals surface area (Å²) in [6.07, 6.45) is 0. The van der Waals surface area contributed by atoms with E-state index in [1.165, 1.54) is 24.3 Å². The summed E-state index contributed by atoms with van der Waals surface area (Å²) in [7, 11) is 3.44. The maximum Gasteiger partial charge on any atom is 0.349 e. The molecule has 0 atom stereocenters. The first-order chi connectivity index (χ1) is 10.5. The Balaban J connectivity index is 3.60. The van der Waals surface area contributed by atoms with Gasteiger partial charge in [0.1, 0.15) is 11.6 Å². The van der Waals surface area contributed by atoms with Crippen LogP contribution in [0.1, 0.15) is 0 Å². The molecule has 0 bridgehead atoms. The molecule has 1 aromatic rings. The summed E-state index contributed by atoms with van der Waals surface area (Å²) in [5.74, 6) is -2.48. The van der Waals surface area contributed by atoms with Crippen LogP contribution in [0.4, 0.5) is 0 Å². The number of carbonyl (C=O) groups excluding carboxylic acids is 3. The van der Waals surface area contributed by atoms with E-state index in [4.69, 9.17) is 5.26 Å². The van der Waals surface area contributed by atoms with E-state index in [9.17, 15) is 14.4 Å². The molecule has 7 heteroatoms. The Kier molecular flexibility index (Phi) is 5.84. The van der Waals surface area contributed by atoms with E-state index in [2.05, 4.69) is 14.2 Å². The number of rotatable bonds is 3. The Morgan fingerprint density at radius 2 is 1.23 bits per heavy atom. The summed E-state index contributed by atoms with van der Waals surface area (Å²) in [4.78, 5) is 34.7. The quantitative estimate of drug-likeness (QED) is 0.402. The van der Waals surface area contributed by atoms with Crippen LogP contribution < -0.4 is 10.4 Å². The Hall–Kier alpha value is -3.14. The highest BCUT2D eigenvalue weighted by Gasteiger charge is 2.20. The summed E-state index contributed by atoms with van der Waals surface area (Å²) >= 11 is 0. The molecule has 0 N–H and O–H groups in total. The third-order valence-electron chi connectivity index (χ3n) is 2.74. The first kappa shape index (κ1) is 16.9. The minimum absolute atomic E-state index is 0.188. The van der Waals surface area contributed by atoms with E-state index in [1.807, 2.05) is 0 Å². The van der Waals surface area contributed by atoms with E-state index in [-0.39, 0.29) is 16.4 Å². The van der Waals surface area contributed by atoms with E-state index in [0.29, 0.717) is 5.22 Å². The molecule has 7 nitrogen and oxygen atoms in total. The Labute approximate surface area is 126 Å². The van der Waals surface area contributed by atoms with E-state index in [1.54, 1.807) is 6.07 Å². The smallest absolute Gasteiger partial charge is 0.349 e. The van der Waals surface area contributed by atoms with Crippen molar-refractivity contribution in [3.63, 3.8) is 0 Å². The van der Waals surface area contributed by atoms with Gasteiger partial charge in [0, 0.05) is 0 Å². The predicted molar refractivity (Wildman–Crippen MR) is 74.2 cm³/mol. The third kappa shape index (κ3) is 3.49. The predicted octanol–water partition coefficient (Wildman–Crippen LogP) is -0.969. The monoisotopic (exact) mass is 303 g/mol. The van der Waals surface area contributed by atoms with Gasteiger partial charge in [-0.2, -0.15) is 5.26 Å². The van der Waals surface area contributed by atoms with Crippen LogP contribution in [0.5, 0.6) is 0 Å². The number of esters is 3. The van der Waals surface area contributed by atoms with E-state index < -0.39 is 17.9 Å². The van der Waals surface area contributed by atoms with Gasteiger partial charge < -0.3 is 14.2 Å². The summed E-state index contributed by atoms with van der Waals surface area (Å²) < 4.78 is 13.6. The standard InChI is InChI=1S/C15H13NO6/c1-20-13(17)11(8-16)9-4-6-10(7-5-9)12(14(18)21-2)15(19)22-3/h4-7H,1-3H3. The largest absolute Gasteiger partial charge is 0.465 e. The van der Waals surface area contributed by atoms with Crippen molar-refractivity contribution in [1.29, 1.82) is 5.26 Å². The van der Waals surface area contributed by atoms with Crippen LogP contribution in [-0.2, 0) is 28.6 Å². The van der Waals surface area contributed by atoms with Gasteiger partial charge in [-0.1, -0.05) is 24.3 Å². The van der Waals surface area contributed by atoms with Gasteiger partial charge in [0.2, 0.25) is 0 Å². The fourth-order valence-corrected chi connectivity index (χ4v) is 1.66. The number of nitriles is 1. The first-order valence-electron chi connectivity index (χ1n) is 5.99. The fraction of sp³-hybridized carbons (Fsp3) is 0.200. The second-order valence-electron chi connectivity index (χ2n) is 3.91. The topological polar surface area (TPSA) is 103 Å². The number of hydrogen-bond donors (Lipinski definition) is 0. The molecular formula is C15H13NO6. The van der Waals surface area contributed by atoms with Gasteiger partial charge in [-0.05, 0) is 10.4 Å². The molecular weight excluding hydrogens is 290 g/mol. The van der Waals surface area contributed by atoms with Crippen LogP contribution in [-0.4, -0.2) is 39.2 Å². The van der Waals surface area contributed by atoms with Crippen molar-refractivity contribution in [2.24, 2.45) is 0 Å². The third-order valence-corrected chi connectivity index (χ3v) is 2.74. The van der Waals surface area contributed by atoms with Crippen LogP contribution in [0, 0.1) is 11.3 Å². The number of ether oxygens (including phenoxy) is 3. The molecule has 0 aliphatic rings. The lowest BCUT2D eigenvalue weighted by Gasteiger charge is -2.03. The number of benzene rings is 1. The molecule has 0 heterocycles. The molecule has 0 amide bonds. The lowest BCUT2D eigenvalue weighted by Crippen LogP contribution is -2.24. The molecule has 22 heavy (non-hydrogen) atoms. The Morgan fingerprint density at radius 1 is 0.818 bits per heavy atom. The zero-order valence-corrected chi connectivity index (χ0v) is 12.2. The van der Waals surface area contributed by atoms with Crippen molar-refractivity contribution in [3.05, 3.63) is 34.7 Å². The maximum absolute atomic E-state index is 11.7. The van der Waals surface area contributed by atoms with Gasteiger partial charge in [-0.15, -0.1) is 0 Å². The van der Waals surface area contributed by atoms with Crippen LogP contribution >= 0.6 is 0 Å². The van der Waals surface area contributed by atoms with Crippen molar-refractivity contribution in [3.8, 4) is 6.07 Å². The molecule has 0 aromatic heterocycles. The highest BCUT2D eigenvalue weighted by atomic mass is 16.5. The zero-order valence-electron chi connectivity index (χ0n) is 12.2. The van der Waals surface area contributed by atoms with Gasteiger partial charge >= 0.3 is 17.9 Å². The molecule has 0 unspecified atom stereocenters. The van der Waals surface area contributed by atoms with Gasteiger partial charge in [0.25, 0.3) is 0 Å². The Bertz CT molecular complexity index is 731. The lowest BCUT2D eigenvalue weighted by atomic mass is 10.1. The molecule has 0 spiro atoms. The average Bonchev–Trinajstić information content (AvgIpc) is 2.56. The van der Waals surface area contributed by atoms with Crippen LogP contribution in [0.3, 0.4) is 0 Å². The van der Waals surface area contributed by atoms with Crippen molar-refractivity contribution >= 4 is 29.1 Å². The molecule has 0 saturated carbocycles. The second kappa shape index (κ2) is 7.59. The fourth-order valence-electron chi connectivity index (χ4n) is 1.66. The minimum atomic E-state index is -0.850. The molecule has 1 rings (SSSR count). The summed E-state index contributed by atoms with van der Waals surface area (Å²) in [5.41, 5.74) is -0.472. The molecule has 0 aliphatic carbocycles. The molecule has 0 saturated heterocycles. The Morgan fingerprint density at radius 3 is 1.59 bits per heavy atom. The van der Waals surface area contributed by atoms with Crippen molar-refractivity contribution < 1.29 is 28.6 Å². The van der Waals surface area contributed by atoms with E-state index in [0.717, 1.165) is 21.3 Å². The highest BCUT2D eigenvalue weighted by Crippen LogP contribution is 2.00. The molecule has 1 aromatic carbocycles. The summed E-state index contributed by atoms with van der Waals surface area (Å²) in [6, 6.07) is 7.37. The molecule has 0 aliphatic heterocycles. The number of hydrogen-bond acceptors (Lipinski definition) is 7.